The minimum absolute atomic E-state index is 0.199. The number of hydrogen-bond donors (Lipinski definition) is 0. The summed E-state index contributed by atoms with van der Waals surface area (Å²) < 4.78 is 38.6. The van der Waals surface area contributed by atoms with Gasteiger partial charge in [0, 0.05) is 38.3 Å². The molecule has 0 radical (unpaired) electrons. The zero-order valence-corrected chi connectivity index (χ0v) is 18.0. The molecule has 1 unspecified atom stereocenters. The zero-order valence-electron chi connectivity index (χ0n) is 17.2. The molecule has 0 spiro atoms. The number of ether oxygens (including phenoxy) is 2. The lowest BCUT2D eigenvalue weighted by molar-refractivity contribution is 0.0135. The molecule has 1 amide bonds. The number of rotatable bonds is 3. The number of hydrogen-bond acceptors (Lipinski definition) is 6. The van der Waals surface area contributed by atoms with Crippen LogP contribution < -0.4 is 4.74 Å². The molecule has 4 heterocycles. The fourth-order valence-corrected chi connectivity index (χ4v) is 6.14. The maximum absolute atomic E-state index is 13.0. The first-order chi connectivity index (χ1) is 13.6. The highest BCUT2D eigenvalue weighted by atomic mass is 32.2. The number of sulfonamides is 1. The molecule has 1 atom stereocenters. The quantitative estimate of drug-likeness (QED) is 0.741. The van der Waals surface area contributed by atoms with Crippen LogP contribution in [0.3, 0.4) is 0 Å². The van der Waals surface area contributed by atoms with Gasteiger partial charge in [-0.25, -0.2) is 17.5 Å². The van der Waals surface area contributed by atoms with Crippen molar-refractivity contribution >= 4 is 16.1 Å². The molecular formula is C20H29N3O5S. The highest BCUT2D eigenvalue weighted by Gasteiger charge is 2.45. The van der Waals surface area contributed by atoms with Gasteiger partial charge in [-0.1, -0.05) is 0 Å². The van der Waals surface area contributed by atoms with Crippen molar-refractivity contribution in [1.29, 1.82) is 0 Å². The molecule has 8 nitrogen and oxygen atoms in total. The van der Waals surface area contributed by atoms with Gasteiger partial charge in [0.15, 0.2) is 0 Å². The SMILES string of the molecule is CC(C)(C)OC(=O)N1CC(S(=O)(=O)N2CCC(C3COc4cccnc43)CC2)C1. The summed E-state index contributed by atoms with van der Waals surface area (Å²) in [5.41, 5.74) is 0.418. The van der Waals surface area contributed by atoms with Gasteiger partial charge in [-0.05, 0) is 51.7 Å². The lowest BCUT2D eigenvalue weighted by atomic mass is 9.84. The van der Waals surface area contributed by atoms with E-state index in [1.807, 2.05) is 12.1 Å². The summed E-state index contributed by atoms with van der Waals surface area (Å²) in [6, 6.07) is 3.81. The van der Waals surface area contributed by atoms with Crippen molar-refractivity contribution in [3.8, 4) is 5.75 Å². The molecule has 0 aliphatic carbocycles. The van der Waals surface area contributed by atoms with Crippen molar-refractivity contribution in [3.05, 3.63) is 24.0 Å². The lowest BCUT2D eigenvalue weighted by Crippen LogP contribution is -2.61. The number of likely N-dealkylation sites (tertiary alicyclic amines) is 1. The molecule has 2 fully saturated rings. The Bertz CT molecular complexity index is 868. The van der Waals surface area contributed by atoms with E-state index in [2.05, 4.69) is 4.98 Å². The van der Waals surface area contributed by atoms with Crippen LogP contribution in [0.4, 0.5) is 4.79 Å². The Morgan fingerprint density at radius 3 is 2.59 bits per heavy atom. The Labute approximate surface area is 172 Å². The van der Waals surface area contributed by atoms with E-state index in [0.717, 1.165) is 24.3 Å². The first-order valence-electron chi connectivity index (χ1n) is 10.2. The summed E-state index contributed by atoms with van der Waals surface area (Å²) in [7, 11) is -3.41. The van der Waals surface area contributed by atoms with Crippen molar-refractivity contribution in [2.75, 3.05) is 32.8 Å². The van der Waals surface area contributed by atoms with Crippen LogP contribution in [-0.2, 0) is 14.8 Å². The molecule has 0 bridgehead atoms. The number of pyridine rings is 1. The summed E-state index contributed by atoms with van der Waals surface area (Å²) in [5.74, 6) is 1.46. The lowest BCUT2D eigenvalue weighted by Gasteiger charge is -2.42. The number of amides is 1. The van der Waals surface area contributed by atoms with Crippen LogP contribution in [0.5, 0.6) is 5.75 Å². The van der Waals surface area contributed by atoms with Crippen molar-refractivity contribution in [3.63, 3.8) is 0 Å². The third-order valence-corrected chi connectivity index (χ3v) is 8.14. The number of aromatic nitrogens is 1. The van der Waals surface area contributed by atoms with Crippen molar-refractivity contribution in [2.24, 2.45) is 5.92 Å². The molecule has 0 aromatic carbocycles. The number of piperidine rings is 1. The Kier molecular flexibility index (Phi) is 5.23. The van der Waals surface area contributed by atoms with Crippen LogP contribution in [-0.4, -0.2) is 72.3 Å². The maximum Gasteiger partial charge on any atom is 0.410 e. The molecule has 29 heavy (non-hydrogen) atoms. The molecule has 0 saturated carbocycles. The first-order valence-corrected chi connectivity index (χ1v) is 11.7. The molecular weight excluding hydrogens is 394 g/mol. The Morgan fingerprint density at radius 1 is 1.24 bits per heavy atom. The Morgan fingerprint density at radius 2 is 1.93 bits per heavy atom. The highest BCUT2D eigenvalue weighted by Crippen LogP contribution is 2.41. The highest BCUT2D eigenvalue weighted by molar-refractivity contribution is 7.89. The minimum Gasteiger partial charge on any atom is -0.491 e. The van der Waals surface area contributed by atoms with E-state index >= 15 is 0 Å². The van der Waals surface area contributed by atoms with Gasteiger partial charge in [0.05, 0.1) is 12.3 Å². The largest absolute Gasteiger partial charge is 0.491 e. The molecule has 1 aromatic rings. The third kappa shape index (κ3) is 4.07. The number of fused-ring (bicyclic) bond motifs is 1. The van der Waals surface area contributed by atoms with E-state index in [1.165, 1.54) is 4.90 Å². The predicted octanol–water partition coefficient (Wildman–Crippen LogP) is 2.22. The molecule has 3 aliphatic heterocycles. The Hall–Kier alpha value is -1.87. The standard InChI is InChI=1S/C20H29N3O5S/c1-20(2,3)28-19(24)22-11-15(12-22)29(25,26)23-9-6-14(7-10-23)16-13-27-17-5-4-8-21-18(16)17/h4-5,8,14-16H,6-7,9-13H2,1-3H3. The van der Waals surface area contributed by atoms with Gasteiger partial charge in [0.1, 0.15) is 16.6 Å². The van der Waals surface area contributed by atoms with Crippen molar-refractivity contribution < 1.29 is 22.7 Å². The van der Waals surface area contributed by atoms with E-state index in [4.69, 9.17) is 9.47 Å². The van der Waals surface area contributed by atoms with E-state index in [-0.39, 0.29) is 19.0 Å². The fourth-order valence-electron chi connectivity index (χ4n) is 4.27. The minimum atomic E-state index is -3.41. The topological polar surface area (TPSA) is 89.0 Å². The molecule has 160 valence electrons. The fraction of sp³-hybridized carbons (Fsp3) is 0.700. The predicted molar refractivity (Wildman–Crippen MR) is 107 cm³/mol. The van der Waals surface area contributed by atoms with Crippen molar-refractivity contribution in [2.45, 2.75) is 50.4 Å². The van der Waals surface area contributed by atoms with Crippen LogP contribution in [0, 0.1) is 5.92 Å². The van der Waals surface area contributed by atoms with Crippen LogP contribution in [0.2, 0.25) is 0 Å². The van der Waals surface area contributed by atoms with Crippen LogP contribution in [0.15, 0.2) is 18.3 Å². The summed E-state index contributed by atoms with van der Waals surface area (Å²) in [6.45, 7) is 7.43. The smallest absolute Gasteiger partial charge is 0.410 e. The molecule has 4 rings (SSSR count). The number of carbonyl (C=O) groups is 1. The molecule has 1 aromatic heterocycles. The molecule has 3 aliphatic rings. The Balaban J connectivity index is 1.31. The van der Waals surface area contributed by atoms with Gasteiger partial charge in [0.2, 0.25) is 10.0 Å². The summed E-state index contributed by atoms with van der Waals surface area (Å²) in [4.78, 5) is 18.0. The van der Waals surface area contributed by atoms with Gasteiger partial charge in [0.25, 0.3) is 0 Å². The van der Waals surface area contributed by atoms with E-state index < -0.39 is 27.0 Å². The van der Waals surface area contributed by atoms with E-state index in [1.54, 1.807) is 31.3 Å². The molecule has 2 saturated heterocycles. The van der Waals surface area contributed by atoms with Gasteiger partial charge in [-0.15, -0.1) is 0 Å². The second-order valence-electron chi connectivity index (χ2n) is 9.09. The third-order valence-electron chi connectivity index (χ3n) is 5.92. The zero-order chi connectivity index (χ0) is 20.8. The van der Waals surface area contributed by atoms with E-state index in [0.29, 0.717) is 25.6 Å². The monoisotopic (exact) mass is 423 g/mol. The summed E-state index contributed by atoms with van der Waals surface area (Å²) in [5, 5.41) is -0.538. The van der Waals surface area contributed by atoms with Gasteiger partial charge in [-0.2, -0.15) is 0 Å². The number of carbonyl (C=O) groups excluding carboxylic acids is 1. The summed E-state index contributed by atoms with van der Waals surface area (Å²) >= 11 is 0. The average molecular weight is 424 g/mol. The van der Waals surface area contributed by atoms with Gasteiger partial charge < -0.3 is 14.4 Å². The number of nitrogens with zero attached hydrogens (tertiary/aromatic N) is 3. The second kappa shape index (κ2) is 7.43. The van der Waals surface area contributed by atoms with Crippen LogP contribution in [0.1, 0.15) is 45.2 Å². The van der Waals surface area contributed by atoms with Gasteiger partial charge >= 0.3 is 6.09 Å². The molecule has 0 N–H and O–H groups in total. The molecule has 9 heteroatoms. The van der Waals surface area contributed by atoms with Crippen molar-refractivity contribution in [1.82, 2.24) is 14.2 Å². The van der Waals surface area contributed by atoms with Gasteiger partial charge in [-0.3, -0.25) is 4.98 Å². The van der Waals surface area contributed by atoms with E-state index in [9.17, 15) is 13.2 Å². The normalized spacial score (nSPS) is 24.0. The summed E-state index contributed by atoms with van der Waals surface area (Å²) in [6.07, 6.45) is 2.93. The van der Waals surface area contributed by atoms with Crippen LogP contribution in [0.25, 0.3) is 0 Å². The average Bonchev–Trinajstić information content (AvgIpc) is 3.03. The first kappa shape index (κ1) is 20.4. The maximum atomic E-state index is 13.0. The second-order valence-corrected chi connectivity index (χ2v) is 11.3. The van der Waals surface area contributed by atoms with Crippen LogP contribution >= 0.6 is 0 Å².